The van der Waals surface area contributed by atoms with E-state index in [2.05, 4.69) is 0 Å². The minimum Gasteiger partial charge on any atom is -0.491 e. The van der Waals surface area contributed by atoms with Gasteiger partial charge in [-0.05, 0) is 90.1 Å². The summed E-state index contributed by atoms with van der Waals surface area (Å²) >= 11 is 0. The standard InChI is InChI=1S/C28H38O8/c1-27(2,3)35-25(29)21-7-11-23(12-8-21)33-19-17-31-15-16-32-18-20-34-24-13-9-22(10-14-24)26(30)36-28(4,5)6/h7-14H,15-20H2,1-6H3. The Morgan fingerprint density at radius 2 is 0.833 bits per heavy atom. The molecule has 2 aromatic carbocycles. The minimum absolute atomic E-state index is 0.362. The highest BCUT2D eigenvalue weighted by Crippen LogP contribution is 2.17. The van der Waals surface area contributed by atoms with Crippen LogP contribution < -0.4 is 9.47 Å². The van der Waals surface area contributed by atoms with Gasteiger partial charge in [0.1, 0.15) is 35.9 Å². The number of carbonyl (C=O) groups excluding carboxylic acids is 2. The minimum atomic E-state index is -0.531. The third-order valence-corrected chi connectivity index (χ3v) is 4.34. The molecule has 0 unspecified atom stereocenters. The van der Waals surface area contributed by atoms with Crippen LogP contribution in [0.3, 0.4) is 0 Å². The average molecular weight is 503 g/mol. The molecule has 2 rings (SSSR count). The maximum Gasteiger partial charge on any atom is 0.338 e. The molecule has 8 nitrogen and oxygen atoms in total. The van der Waals surface area contributed by atoms with Crippen LogP contribution in [0.25, 0.3) is 0 Å². The molecule has 36 heavy (non-hydrogen) atoms. The Hall–Kier alpha value is -3.10. The third kappa shape index (κ3) is 12.0. The molecule has 0 bridgehead atoms. The van der Waals surface area contributed by atoms with Crippen LogP contribution in [-0.4, -0.2) is 62.8 Å². The molecule has 0 aliphatic rings. The lowest BCUT2D eigenvalue weighted by molar-refractivity contribution is 0.00568. The van der Waals surface area contributed by atoms with Gasteiger partial charge in [-0.1, -0.05) is 0 Å². The molecule has 0 radical (unpaired) electrons. The number of hydrogen-bond donors (Lipinski definition) is 0. The van der Waals surface area contributed by atoms with Gasteiger partial charge in [-0.15, -0.1) is 0 Å². The Labute approximate surface area is 213 Å². The van der Waals surface area contributed by atoms with Gasteiger partial charge in [-0.2, -0.15) is 0 Å². The zero-order valence-electron chi connectivity index (χ0n) is 22.1. The highest BCUT2D eigenvalue weighted by Gasteiger charge is 2.18. The molecular formula is C28H38O8. The topological polar surface area (TPSA) is 89.5 Å². The van der Waals surface area contributed by atoms with E-state index in [1.807, 2.05) is 41.5 Å². The van der Waals surface area contributed by atoms with Gasteiger partial charge in [-0.25, -0.2) is 9.59 Å². The van der Waals surface area contributed by atoms with Gasteiger partial charge >= 0.3 is 11.9 Å². The molecular weight excluding hydrogens is 464 g/mol. The first-order chi connectivity index (χ1) is 16.9. The van der Waals surface area contributed by atoms with Crippen molar-refractivity contribution in [1.29, 1.82) is 0 Å². The second-order valence-corrected chi connectivity index (χ2v) is 9.97. The van der Waals surface area contributed by atoms with Gasteiger partial charge < -0.3 is 28.4 Å². The van der Waals surface area contributed by atoms with Gasteiger partial charge in [0.25, 0.3) is 0 Å². The number of hydrogen-bond acceptors (Lipinski definition) is 8. The summed E-state index contributed by atoms with van der Waals surface area (Å²) in [4.78, 5) is 24.0. The highest BCUT2D eigenvalue weighted by atomic mass is 16.6. The molecule has 2 aromatic rings. The molecule has 0 N–H and O–H groups in total. The zero-order chi connectivity index (χ0) is 26.6. The first-order valence-corrected chi connectivity index (χ1v) is 12.0. The van der Waals surface area contributed by atoms with Crippen LogP contribution >= 0.6 is 0 Å². The molecule has 0 aliphatic heterocycles. The fourth-order valence-corrected chi connectivity index (χ4v) is 2.81. The lowest BCUT2D eigenvalue weighted by Crippen LogP contribution is -2.23. The van der Waals surface area contributed by atoms with Gasteiger partial charge in [0.15, 0.2) is 0 Å². The van der Waals surface area contributed by atoms with Crippen LogP contribution in [-0.2, 0) is 18.9 Å². The molecule has 0 atom stereocenters. The smallest absolute Gasteiger partial charge is 0.338 e. The van der Waals surface area contributed by atoms with Crippen molar-refractivity contribution in [2.75, 3.05) is 39.6 Å². The van der Waals surface area contributed by atoms with Crippen molar-refractivity contribution in [2.24, 2.45) is 0 Å². The van der Waals surface area contributed by atoms with Crippen LogP contribution in [0.2, 0.25) is 0 Å². The van der Waals surface area contributed by atoms with E-state index in [-0.39, 0.29) is 11.9 Å². The number of carbonyl (C=O) groups is 2. The fourth-order valence-electron chi connectivity index (χ4n) is 2.81. The summed E-state index contributed by atoms with van der Waals surface area (Å²) in [6, 6.07) is 13.6. The Bertz CT molecular complexity index is 858. The predicted octanol–water partition coefficient (Wildman–Crippen LogP) is 5.09. The summed E-state index contributed by atoms with van der Waals surface area (Å²) in [5.41, 5.74) is -0.103. The molecule has 0 saturated heterocycles. The Kier molecular flexibility index (Phi) is 11.2. The highest BCUT2D eigenvalue weighted by molar-refractivity contribution is 5.90. The van der Waals surface area contributed by atoms with Gasteiger partial charge in [0.05, 0.1) is 37.6 Å². The monoisotopic (exact) mass is 502 g/mol. The lowest BCUT2D eigenvalue weighted by Gasteiger charge is -2.19. The van der Waals surface area contributed by atoms with E-state index in [0.29, 0.717) is 62.3 Å². The lowest BCUT2D eigenvalue weighted by atomic mass is 10.1. The van der Waals surface area contributed by atoms with Crippen LogP contribution in [0.1, 0.15) is 62.3 Å². The normalized spacial score (nSPS) is 11.6. The van der Waals surface area contributed by atoms with Gasteiger partial charge in [-0.3, -0.25) is 0 Å². The van der Waals surface area contributed by atoms with Crippen molar-refractivity contribution in [1.82, 2.24) is 0 Å². The molecule has 0 fully saturated rings. The quantitative estimate of drug-likeness (QED) is 0.276. The van der Waals surface area contributed by atoms with Crippen molar-refractivity contribution < 1.29 is 38.0 Å². The summed E-state index contributed by atoms with van der Waals surface area (Å²) in [5, 5.41) is 0. The van der Waals surface area contributed by atoms with E-state index >= 15 is 0 Å². The number of ether oxygens (including phenoxy) is 6. The summed E-state index contributed by atoms with van der Waals surface area (Å²) < 4.78 is 32.9. The summed E-state index contributed by atoms with van der Waals surface area (Å²) in [6.07, 6.45) is 0. The maximum atomic E-state index is 12.0. The summed E-state index contributed by atoms with van der Waals surface area (Å²) in [6.45, 7) is 13.4. The van der Waals surface area contributed by atoms with Crippen LogP contribution in [0, 0.1) is 0 Å². The molecule has 198 valence electrons. The molecule has 0 aromatic heterocycles. The van der Waals surface area contributed by atoms with Crippen LogP contribution in [0.5, 0.6) is 11.5 Å². The predicted molar refractivity (Wildman–Crippen MR) is 136 cm³/mol. The Morgan fingerprint density at radius 3 is 1.14 bits per heavy atom. The number of benzene rings is 2. The maximum absolute atomic E-state index is 12.0. The largest absolute Gasteiger partial charge is 0.491 e. The molecule has 8 heteroatoms. The number of rotatable bonds is 13. The molecule has 0 amide bonds. The van der Waals surface area contributed by atoms with Crippen LogP contribution in [0.15, 0.2) is 48.5 Å². The molecule has 0 aliphatic carbocycles. The second-order valence-electron chi connectivity index (χ2n) is 9.97. The second kappa shape index (κ2) is 13.8. The van der Waals surface area contributed by atoms with E-state index in [4.69, 9.17) is 28.4 Å². The average Bonchev–Trinajstić information content (AvgIpc) is 2.79. The summed E-state index contributed by atoms with van der Waals surface area (Å²) in [7, 11) is 0. The fraction of sp³-hybridized carbons (Fsp3) is 0.500. The van der Waals surface area contributed by atoms with Crippen LogP contribution in [0.4, 0.5) is 0 Å². The van der Waals surface area contributed by atoms with E-state index in [1.165, 1.54) is 0 Å². The van der Waals surface area contributed by atoms with E-state index in [9.17, 15) is 9.59 Å². The van der Waals surface area contributed by atoms with Crippen molar-refractivity contribution in [2.45, 2.75) is 52.7 Å². The van der Waals surface area contributed by atoms with Gasteiger partial charge in [0, 0.05) is 0 Å². The molecule has 0 saturated carbocycles. The molecule has 0 heterocycles. The first-order valence-electron chi connectivity index (χ1n) is 12.0. The van der Waals surface area contributed by atoms with Crippen molar-refractivity contribution >= 4 is 11.9 Å². The van der Waals surface area contributed by atoms with Crippen molar-refractivity contribution in [3.05, 3.63) is 59.7 Å². The third-order valence-electron chi connectivity index (χ3n) is 4.34. The first kappa shape index (κ1) is 29.1. The Morgan fingerprint density at radius 1 is 0.528 bits per heavy atom. The van der Waals surface area contributed by atoms with E-state index < -0.39 is 11.2 Å². The summed E-state index contributed by atoms with van der Waals surface area (Å²) in [5.74, 6) is 0.578. The van der Waals surface area contributed by atoms with E-state index in [1.54, 1.807) is 48.5 Å². The Balaban J connectivity index is 1.51. The van der Waals surface area contributed by atoms with Crippen molar-refractivity contribution in [3.8, 4) is 11.5 Å². The SMILES string of the molecule is CC(C)(C)OC(=O)c1ccc(OCCOCCOCCOc2ccc(C(=O)OC(C)(C)C)cc2)cc1. The number of esters is 2. The van der Waals surface area contributed by atoms with Gasteiger partial charge in [0.2, 0.25) is 0 Å². The van der Waals surface area contributed by atoms with E-state index in [0.717, 1.165) is 0 Å². The molecule has 0 spiro atoms. The zero-order valence-corrected chi connectivity index (χ0v) is 22.1. The van der Waals surface area contributed by atoms with Crippen molar-refractivity contribution in [3.63, 3.8) is 0 Å².